The maximum Gasteiger partial charge on any atom is 0.230 e. The Morgan fingerprint density at radius 2 is 2.06 bits per heavy atom. The number of nitrogens with zero attached hydrogens (tertiary/aromatic N) is 3. The molecule has 0 unspecified atom stereocenters. The molecular formula is C12H9N3OS2. The number of aromatic hydroxyl groups is 1. The van der Waals surface area contributed by atoms with Gasteiger partial charge in [0.1, 0.15) is 0 Å². The Morgan fingerprint density at radius 3 is 2.78 bits per heavy atom. The highest BCUT2D eigenvalue weighted by Gasteiger charge is 2.09. The molecule has 2 heterocycles. The summed E-state index contributed by atoms with van der Waals surface area (Å²) < 4.78 is 0.999. The van der Waals surface area contributed by atoms with Gasteiger partial charge in [-0.25, -0.2) is 4.98 Å². The van der Waals surface area contributed by atoms with Gasteiger partial charge in [-0.05, 0) is 19.1 Å². The molecule has 0 saturated carbocycles. The van der Waals surface area contributed by atoms with Gasteiger partial charge in [-0.2, -0.15) is 0 Å². The fourth-order valence-corrected chi connectivity index (χ4v) is 3.09. The van der Waals surface area contributed by atoms with Crippen molar-refractivity contribution in [3.63, 3.8) is 0 Å². The zero-order chi connectivity index (χ0) is 12.5. The molecule has 3 aromatic rings. The van der Waals surface area contributed by atoms with E-state index in [-0.39, 0.29) is 5.75 Å². The van der Waals surface area contributed by atoms with Crippen LogP contribution in [0.4, 0.5) is 10.1 Å². The highest BCUT2D eigenvalue weighted by Crippen LogP contribution is 2.43. The molecule has 2 aromatic heterocycles. The van der Waals surface area contributed by atoms with Crippen LogP contribution >= 0.6 is 22.7 Å². The monoisotopic (exact) mass is 275 g/mol. The predicted octanol–water partition coefficient (Wildman–Crippen LogP) is 4.79. The van der Waals surface area contributed by atoms with E-state index in [1.54, 1.807) is 0 Å². The summed E-state index contributed by atoms with van der Waals surface area (Å²) in [5.41, 5.74) is 0.925. The van der Waals surface area contributed by atoms with Gasteiger partial charge in [0.05, 0.1) is 5.69 Å². The van der Waals surface area contributed by atoms with E-state index in [1.165, 1.54) is 22.7 Å². The van der Waals surface area contributed by atoms with Crippen LogP contribution in [0.1, 0.15) is 5.69 Å². The molecule has 18 heavy (non-hydrogen) atoms. The predicted molar refractivity (Wildman–Crippen MR) is 74.5 cm³/mol. The number of fused-ring (bicyclic) bond motifs is 1. The lowest BCUT2D eigenvalue weighted by molar-refractivity contribution is 0.484. The first-order chi connectivity index (χ1) is 8.74. The van der Waals surface area contributed by atoms with Crippen molar-refractivity contribution < 1.29 is 5.11 Å². The van der Waals surface area contributed by atoms with Gasteiger partial charge < -0.3 is 5.11 Å². The highest BCUT2D eigenvalue weighted by molar-refractivity contribution is 7.23. The van der Waals surface area contributed by atoms with Crippen molar-refractivity contribution in [3.05, 3.63) is 35.3 Å². The third-order valence-corrected chi connectivity index (χ3v) is 4.27. The van der Waals surface area contributed by atoms with Gasteiger partial charge in [0.25, 0.3) is 0 Å². The molecule has 1 aromatic carbocycles. The quantitative estimate of drug-likeness (QED) is 0.684. The molecule has 0 fully saturated rings. The minimum atomic E-state index is 0.188. The number of hydrogen-bond acceptors (Lipinski definition) is 6. The van der Waals surface area contributed by atoms with E-state index < -0.39 is 0 Å². The van der Waals surface area contributed by atoms with Gasteiger partial charge >= 0.3 is 0 Å². The molecule has 90 valence electrons. The number of thiazole rings is 1. The van der Waals surface area contributed by atoms with Crippen molar-refractivity contribution in [2.45, 2.75) is 6.92 Å². The summed E-state index contributed by atoms with van der Waals surface area (Å²) in [4.78, 5) is 4.19. The molecule has 0 aliphatic heterocycles. The topological polar surface area (TPSA) is 57.8 Å². The van der Waals surface area contributed by atoms with Gasteiger partial charge in [-0.3, -0.25) is 0 Å². The van der Waals surface area contributed by atoms with Crippen molar-refractivity contribution in [2.24, 2.45) is 10.2 Å². The van der Waals surface area contributed by atoms with Crippen LogP contribution in [-0.4, -0.2) is 10.1 Å². The van der Waals surface area contributed by atoms with Gasteiger partial charge in [-0.15, -0.1) is 32.9 Å². The maximum absolute atomic E-state index is 10.0. The zero-order valence-corrected chi connectivity index (χ0v) is 11.1. The number of aryl methyl sites for hydroxylation is 1. The van der Waals surface area contributed by atoms with Crippen LogP contribution in [0.2, 0.25) is 0 Å². The second-order valence-electron chi connectivity index (χ2n) is 3.72. The van der Waals surface area contributed by atoms with Crippen molar-refractivity contribution in [1.82, 2.24) is 4.98 Å². The summed E-state index contributed by atoms with van der Waals surface area (Å²) in [5, 5.41) is 22.0. The smallest absolute Gasteiger partial charge is 0.230 e. The van der Waals surface area contributed by atoms with E-state index in [4.69, 9.17) is 0 Å². The van der Waals surface area contributed by atoms with Gasteiger partial charge in [-0.1, -0.05) is 12.1 Å². The lowest BCUT2D eigenvalue weighted by Gasteiger charge is -1.88. The molecule has 0 bridgehead atoms. The van der Waals surface area contributed by atoms with Gasteiger partial charge in [0.15, 0.2) is 10.8 Å². The SMILES string of the molecule is Cc1csc(N=Nc2sc3ccccc3c2O)n1. The molecule has 0 amide bonds. The van der Waals surface area contributed by atoms with E-state index in [1.807, 2.05) is 36.6 Å². The first kappa shape index (κ1) is 11.3. The summed E-state index contributed by atoms with van der Waals surface area (Å²) >= 11 is 2.85. The maximum atomic E-state index is 10.0. The standard InChI is InChI=1S/C12H9N3OS2/c1-7-6-17-12(13-7)15-14-11-10(16)8-4-2-3-5-9(8)18-11/h2-6,16H,1H3. The Bertz CT molecular complexity index is 730. The number of rotatable bonds is 2. The average molecular weight is 275 g/mol. The van der Waals surface area contributed by atoms with E-state index in [2.05, 4.69) is 15.2 Å². The number of azo groups is 1. The summed E-state index contributed by atoms with van der Waals surface area (Å²) in [5.74, 6) is 0.188. The normalized spacial score (nSPS) is 11.6. The van der Waals surface area contributed by atoms with Crippen molar-refractivity contribution in [2.75, 3.05) is 0 Å². The second-order valence-corrected chi connectivity index (χ2v) is 5.59. The van der Waals surface area contributed by atoms with Gasteiger partial charge in [0, 0.05) is 15.5 Å². The molecule has 6 heteroatoms. The molecular weight excluding hydrogens is 266 g/mol. The lowest BCUT2D eigenvalue weighted by Crippen LogP contribution is -1.64. The molecule has 4 nitrogen and oxygen atoms in total. The minimum Gasteiger partial charge on any atom is -0.504 e. The fraction of sp³-hybridized carbons (Fsp3) is 0.0833. The van der Waals surface area contributed by atoms with Crippen LogP contribution in [0.5, 0.6) is 5.75 Å². The Labute approximate surface area is 111 Å². The van der Waals surface area contributed by atoms with Crippen LogP contribution in [-0.2, 0) is 0 Å². The molecule has 0 aliphatic rings. The number of aromatic nitrogens is 1. The summed E-state index contributed by atoms with van der Waals surface area (Å²) in [6.07, 6.45) is 0. The number of hydrogen-bond donors (Lipinski definition) is 1. The third-order valence-electron chi connectivity index (χ3n) is 2.38. The Hall–Kier alpha value is -1.79. The van der Waals surface area contributed by atoms with Crippen LogP contribution in [0.3, 0.4) is 0 Å². The molecule has 0 aliphatic carbocycles. The average Bonchev–Trinajstić information content (AvgIpc) is 2.92. The Morgan fingerprint density at radius 1 is 1.22 bits per heavy atom. The number of thiophene rings is 1. The Kier molecular flexibility index (Phi) is 2.81. The molecule has 0 spiro atoms. The molecule has 1 N–H and O–H groups in total. The zero-order valence-electron chi connectivity index (χ0n) is 9.49. The fourth-order valence-electron chi connectivity index (χ4n) is 1.56. The molecule has 0 saturated heterocycles. The van der Waals surface area contributed by atoms with Crippen molar-refractivity contribution >= 4 is 42.9 Å². The molecule has 0 atom stereocenters. The minimum absolute atomic E-state index is 0.188. The number of benzene rings is 1. The van der Waals surface area contributed by atoms with E-state index in [0.29, 0.717) is 10.1 Å². The van der Waals surface area contributed by atoms with Crippen LogP contribution in [0, 0.1) is 6.92 Å². The first-order valence-corrected chi connectivity index (χ1v) is 6.98. The van der Waals surface area contributed by atoms with Crippen LogP contribution < -0.4 is 0 Å². The highest BCUT2D eigenvalue weighted by atomic mass is 32.1. The lowest BCUT2D eigenvalue weighted by atomic mass is 10.2. The Balaban J connectivity index is 2.00. The largest absolute Gasteiger partial charge is 0.504 e. The summed E-state index contributed by atoms with van der Waals surface area (Å²) in [6, 6.07) is 7.64. The van der Waals surface area contributed by atoms with Gasteiger partial charge in [0.2, 0.25) is 5.13 Å². The summed E-state index contributed by atoms with van der Waals surface area (Å²) in [7, 11) is 0. The van der Waals surface area contributed by atoms with Crippen molar-refractivity contribution in [1.29, 1.82) is 0 Å². The van der Waals surface area contributed by atoms with E-state index >= 15 is 0 Å². The third kappa shape index (κ3) is 2.00. The molecule has 0 radical (unpaired) electrons. The first-order valence-electron chi connectivity index (χ1n) is 5.28. The molecule has 3 rings (SSSR count). The van der Waals surface area contributed by atoms with Crippen molar-refractivity contribution in [3.8, 4) is 5.75 Å². The summed E-state index contributed by atoms with van der Waals surface area (Å²) in [6.45, 7) is 1.91. The second kappa shape index (κ2) is 4.47. The van der Waals surface area contributed by atoms with Crippen LogP contribution in [0.15, 0.2) is 39.9 Å². The van der Waals surface area contributed by atoms with Crippen LogP contribution in [0.25, 0.3) is 10.1 Å². The van der Waals surface area contributed by atoms with E-state index in [9.17, 15) is 5.11 Å². The van der Waals surface area contributed by atoms with E-state index in [0.717, 1.165) is 15.8 Å².